The van der Waals surface area contributed by atoms with Crippen LogP contribution in [0.3, 0.4) is 0 Å². The lowest BCUT2D eigenvalue weighted by Crippen LogP contribution is -2.46. The van der Waals surface area contributed by atoms with Gasteiger partial charge in [0.15, 0.2) is 0 Å². The van der Waals surface area contributed by atoms with Gasteiger partial charge >= 0.3 is 0 Å². The minimum absolute atomic E-state index is 0.671. The first kappa shape index (κ1) is 12.3. The van der Waals surface area contributed by atoms with Crippen molar-refractivity contribution in [3.63, 3.8) is 0 Å². The average Bonchev–Trinajstić information content (AvgIpc) is 2.73. The van der Waals surface area contributed by atoms with Gasteiger partial charge in [0.05, 0.1) is 0 Å². The highest BCUT2D eigenvalue weighted by atomic mass is 16.3. The van der Waals surface area contributed by atoms with E-state index < -0.39 is 11.4 Å². The van der Waals surface area contributed by atoms with E-state index in [-0.39, 0.29) is 0 Å². The maximum atomic E-state index is 10.4. The summed E-state index contributed by atoms with van der Waals surface area (Å²) in [5, 5.41) is 20.8. The predicted octanol–water partition coefficient (Wildman–Crippen LogP) is 0.595. The molecule has 0 bridgehead atoms. The third kappa shape index (κ3) is 2.12. The van der Waals surface area contributed by atoms with Crippen LogP contribution in [0.1, 0.15) is 38.5 Å². The summed E-state index contributed by atoms with van der Waals surface area (Å²) >= 11 is 0. The Balaban J connectivity index is 1.91. The summed E-state index contributed by atoms with van der Waals surface area (Å²) in [6.07, 6.45) is 5.13. The van der Waals surface area contributed by atoms with E-state index in [9.17, 15) is 10.2 Å². The lowest BCUT2D eigenvalue weighted by atomic mass is 9.97. The van der Waals surface area contributed by atoms with Gasteiger partial charge in [-0.25, -0.2) is 0 Å². The van der Waals surface area contributed by atoms with Gasteiger partial charge in [-0.2, -0.15) is 0 Å². The van der Waals surface area contributed by atoms with Crippen molar-refractivity contribution in [2.24, 2.45) is 0 Å². The Morgan fingerprint density at radius 2 is 1.25 bits per heavy atom. The number of likely N-dealkylation sites (tertiary alicyclic amines) is 2. The maximum Gasteiger partial charge on any atom is 0.118 e. The SMILES string of the molecule is CN1CCCC1(O)CCC1(O)CCCN1C. The van der Waals surface area contributed by atoms with Crippen LogP contribution < -0.4 is 0 Å². The number of hydrogen-bond donors (Lipinski definition) is 2. The predicted molar refractivity (Wildman–Crippen MR) is 62.9 cm³/mol. The molecule has 2 atom stereocenters. The number of aliphatic hydroxyl groups is 2. The first-order valence-corrected chi connectivity index (χ1v) is 6.34. The molecule has 0 aromatic heterocycles. The minimum atomic E-state index is -0.681. The molecular weight excluding hydrogens is 204 g/mol. The largest absolute Gasteiger partial charge is 0.376 e. The van der Waals surface area contributed by atoms with Gasteiger partial charge in [0.25, 0.3) is 0 Å². The van der Waals surface area contributed by atoms with Crippen molar-refractivity contribution in [1.29, 1.82) is 0 Å². The molecule has 2 heterocycles. The van der Waals surface area contributed by atoms with Crippen molar-refractivity contribution < 1.29 is 10.2 Å². The zero-order valence-electron chi connectivity index (χ0n) is 10.4. The molecule has 2 unspecified atom stereocenters. The van der Waals surface area contributed by atoms with Crippen LogP contribution in [-0.2, 0) is 0 Å². The highest BCUT2D eigenvalue weighted by Gasteiger charge is 2.42. The Labute approximate surface area is 97.9 Å². The van der Waals surface area contributed by atoms with E-state index in [4.69, 9.17) is 0 Å². The molecule has 2 aliphatic rings. The van der Waals surface area contributed by atoms with Gasteiger partial charge in [0.1, 0.15) is 11.4 Å². The summed E-state index contributed by atoms with van der Waals surface area (Å²) in [5.74, 6) is 0. The van der Waals surface area contributed by atoms with E-state index in [2.05, 4.69) is 0 Å². The zero-order valence-corrected chi connectivity index (χ0v) is 10.4. The van der Waals surface area contributed by atoms with Gasteiger partial charge in [-0.05, 0) is 52.6 Å². The van der Waals surface area contributed by atoms with E-state index in [1.165, 1.54) is 0 Å². The first-order valence-electron chi connectivity index (χ1n) is 6.34. The topological polar surface area (TPSA) is 46.9 Å². The van der Waals surface area contributed by atoms with E-state index in [1.54, 1.807) is 0 Å². The molecule has 16 heavy (non-hydrogen) atoms. The maximum absolute atomic E-state index is 10.4. The lowest BCUT2D eigenvalue weighted by molar-refractivity contribution is -0.120. The summed E-state index contributed by atoms with van der Waals surface area (Å²) in [7, 11) is 3.94. The number of rotatable bonds is 3. The molecule has 2 N–H and O–H groups in total. The van der Waals surface area contributed by atoms with Crippen LogP contribution in [0.15, 0.2) is 0 Å². The van der Waals surface area contributed by atoms with Crippen molar-refractivity contribution in [2.45, 2.75) is 50.0 Å². The molecule has 0 saturated carbocycles. The van der Waals surface area contributed by atoms with E-state index in [0.717, 1.165) is 38.8 Å². The summed E-state index contributed by atoms with van der Waals surface area (Å²) in [4.78, 5) is 4.04. The third-order valence-electron chi connectivity index (χ3n) is 4.49. The van der Waals surface area contributed by atoms with Gasteiger partial charge in [-0.1, -0.05) is 0 Å². The zero-order chi connectivity index (χ0) is 11.8. The molecule has 0 spiro atoms. The highest BCUT2D eigenvalue weighted by Crippen LogP contribution is 2.35. The Hall–Kier alpha value is -0.160. The van der Waals surface area contributed by atoms with Gasteiger partial charge in [-0.3, -0.25) is 9.80 Å². The fraction of sp³-hybridized carbons (Fsp3) is 1.00. The Morgan fingerprint density at radius 1 is 0.875 bits per heavy atom. The first-order chi connectivity index (χ1) is 7.46. The molecule has 0 aromatic carbocycles. The molecule has 0 aromatic rings. The van der Waals surface area contributed by atoms with Crippen LogP contribution in [0.2, 0.25) is 0 Å². The monoisotopic (exact) mass is 228 g/mol. The van der Waals surface area contributed by atoms with Crippen LogP contribution in [0, 0.1) is 0 Å². The van der Waals surface area contributed by atoms with Crippen molar-refractivity contribution >= 4 is 0 Å². The van der Waals surface area contributed by atoms with Crippen LogP contribution in [0.4, 0.5) is 0 Å². The van der Waals surface area contributed by atoms with Gasteiger partial charge < -0.3 is 10.2 Å². The molecule has 2 fully saturated rings. The van der Waals surface area contributed by atoms with E-state index in [1.807, 2.05) is 23.9 Å². The smallest absolute Gasteiger partial charge is 0.118 e. The quantitative estimate of drug-likeness (QED) is 0.742. The molecule has 2 aliphatic heterocycles. The fourth-order valence-electron chi connectivity index (χ4n) is 3.03. The fourth-order valence-corrected chi connectivity index (χ4v) is 3.03. The Bertz CT molecular complexity index is 235. The second-order valence-electron chi connectivity index (χ2n) is 5.52. The van der Waals surface area contributed by atoms with Crippen LogP contribution in [-0.4, -0.2) is 58.6 Å². The summed E-state index contributed by atoms with van der Waals surface area (Å²) in [6, 6.07) is 0. The van der Waals surface area contributed by atoms with Crippen LogP contribution in [0.25, 0.3) is 0 Å². The molecule has 0 radical (unpaired) electrons. The molecule has 0 aliphatic carbocycles. The normalized spacial score (nSPS) is 42.0. The van der Waals surface area contributed by atoms with E-state index in [0.29, 0.717) is 12.8 Å². The summed E-state index contributed by atoms with van der Waals surface area (Å²) in [6.45, 7) is 1.93. The molecule has 2 saturated heterocycles. The summed E-state index contributed by atoms with van der Waals surface area (Å²) < 4.78 is 0. The molecule has 4 nitrogen and oxygen atoms in total. The number of hydrogen-bond acceptors (Lipinski definition) is 4. The molecule has 94 valence electrons. The third-order valence-corrected chi connectivity index (χ3v) is 4.49. The van der Waals surface area contributed by atoms with Gasteiger partial charge in [-0.15, -0.1) is 0 Å². The van der Waals surface area contributed by atoms with Crippen LogP contribution in [0.5, 0.6) is 0 Å². The number of nitrogens with zero attached hydrogens (tertiary/aromatic N) is 2. The average molecular weight is 228 g/mol. The second-order valence-corrected chi connectivity index (χ2v) is 5.52. The summed E-state index contributed by atoms with van der Waals surface area (Å²) in [5.41, 5.74) is -1.36. The Kier molecular flexibility index (Phi) is 3.27. The highest BCUT2D eigenvalue weighted by molar-refractivity contribution is 4.90. The van der Waals surface area contributed by atoms with Crippen molar-refractivity contribution in [1.82, 2.24) is 9.80 Å². The standard InChI is InChI=1S/C12H24N2O2/c1-13-9-3-5-11(13,15)7-8-12(16)6-4-10-14(12)2/h15-16H,3-10H2,1-2H3. The molecule has 2 rings (SSSR count). The molecular formula is C12H24N2O2. The van der Waals surface area contributed by atoms with Crippen molar-refractivity contribution in [3.05, 3.63) is 0 Å². The van der Waals surface area contributed by atoms with E-state index >= 15 is 0 Å². The molecule has 4 heteroatoms. The minimum Gasteiger partial charge on any atom is -0.376 e. The van der Waals surface area contributed by atoms with Crippen LogP contribution >= 0.6 is 0 Å². The molecule has 0 amide bonds. The van der Waals surface area contributed by atoms with Gasteiger partial charge in [0.2, 0.25) is 0 Å². The van der Waals surface area contributed by atoms with Crippen molar-refractivity contribution in [2.75, 3.05) is 27.2 Å². The van der Waals surface area contributed by atoms with Gasteiger partial charge in [0, 0.05) is 13.1 Å². The van der Waals surface area contributed by atoms with Crippen molar-refractivity contribution in [3.8, 4) is 0 Å². The lowest BCUT2D eigenvalue weighted by Gasteiger charge is -2.36. The second kappa shape index (κ2) is 4.26. The Morgan fingerprint density at radius 3 is 1.50 bits per heavy atom.